The van der Waals surface area contributed by atoms with Gasteiger partial charge in [0, 0.05) is 38.3 Å². The van der Waals surface area contributed by atoms with Crippen molar-refractivity contribution in [1.29, 1.82) is 5.41 Å². The first-order valence-electron chi connectivity index (χ1n) is 26.3. The second-order valence-corrected chi connectivity index (χ2v) is 24.9. The molecular formula is C60H72Cl5N12O13P. The molecule has 31 heteroatoms. The number of furan rings is 3. The zero-order chi connectivity index (χ0) is 68.8. The standard InChI is InChI=1S/C16H17N3O2.C8H7ClN2O.2C8H8N2O2.C8H11NO.C8H14.C2H6N2.2CO2.Cl3OP.ClH/c1-10-9-14-15(17-11(2)18-16(14)21-10)19(3)12-5-7-13(20-4)8-6-12;1-4-3-6-7(9)10-5(2)11-8(6)12-4;1-4-3-6-7(11)9-5(2)10-8(6)12-4;1-3-4-6-7(11)9-5(2)10-8(6)12;1-9-7-3-5-8(10-2)6-4-7;1-4-7-8(5-2)6-3;1-2(3)4;2*2-1-3;1-5(2,3)4;/h5-9H,1-4H3;3H,1-2H3;3H,1-2H3,(H,9,10,11);1H,4H2,2H3,(H2,9,10,11,12);3-6,9H,1-2H3;1,8H,5-7H2,2-3H3;1H3,(H3,3,4);;;;1H. The van der Waals surface area contributed by atoms with E-state index in [-0.39, 0.29) is 59.5 Å². The number of hydrogen-bond acceptors (Lipinski definition) is 22. The SMILES string of the molecule is C#CCC(CC)CC.C#CCc1c(O)nc(C)[nH]c1=O.CC(=N)N.CNc1ccc(OC)cc1.COc1ccc(N(C)c2nc(C)nc3oc(C)cc23)cc1.Cc1nc(Cl)c2cc(C)oc2n1.Cc1nc2oc(C)cc2c(=O)[nH]1.Cl.O=C=O.O=C=O.O=P(Cl)(Cl)Cl. The lowest BCUT2D eigenvalue weighted by Gasteiger charge is -2.19. The van der Waals surface area contributed by atoms with E-state index in [0.29, 0.717) is 56.7 Å². The Kier molecular flexibility index (Phi) is 41.1. The number of ether oxygens (including phenoxy) is 2. The van der Waals surface area contributed by atoms with Crippen LogP contribution in [0.1, 0.15) is 86.2 Å². The van der Waals surface area contributed by atoms with Crippen molar-refractivity contribution >= 4 is 132 Å². The summed E-state index contributed by atoms with van der Waals surface area (Å²) in [5.41, 5.74) is 8.03. The lowest BCUT2D eigenvalue weighted by molar-refractivity contribution is -0.193. The summed E-state index contributed by atoms with van der Waals surface area (Å²) in [4.78, 5) is 86.6. The molecule has 2 aromatic carbocycles. The number of halogens is 5. The number of terminal acetylenes is 2. The van der Waals surface area contributed by atoms with Crippen molar-refractivity contribution in [1.82, 2.24) is 39.9 Å². The summed E-state index contributed by atoms with van der Waals surface area (Å²) >= 11 is 19.7. The molecule has 0 amide bonds. The molecule has 9 rings (SSSR count). The van der Waals surface area contributed by atoms with Crippen LogP contribution in [0.25, 0.3) is 33.3 Å². The fraction of sp³-hybridized carbons (Fsp3) is 0.317. The number of hydrogen-bond donors (Lipinski definition) is 6. The van der Waals surface area contributed by atoms with Gasteiger partial charge in [-0.3, -0.25) is 19.6 Å². The normalized spacial score (nSPS) is 9.51. The summed E-state index contributed by atoms with van der Waals surface area (Å²) in [5, 5.41) is 17.9. The van der Waals surface area contributed by atoms with Gasteiger partial charge in [0.25, 0.3) is 11.1 Å². The van der Waals surface area contributed by atoms with Crippen LogP contribution < -0.4 is 36.5 Å². The van der Waals surface area contributed by atoms with Crippen LogP contribution >= 0.6 is 62.9 Å². The molecule has 25 nitrogen and oxygen atoms in total. The number of carbonyl (C=O) groups excluding carboxylic acids is 4. The molecule has 0 atom stereocenters. The molecule has 0 saturated heterocycles. The third-order valence-corrected chi connectivity index (χ3v) is 11.2. The highest BCUT2D eigenvalue weighted by atomic mass is 36.0. The monoisotopic (exact) mass is 1370 g/mol. The number of anilines is 3. The van der Waals surface area contributed by atoms with E-state index in [2.05, 4.69) is 105 Å². The quantitative estimate of drug-likeness (QED) is 0.0257. The number of methoxy groups -OCH3 is 2. The van der Waals surface area contributed by atoms with Crippen LogP contribution in [0.5, 0.6) is 17.4 Å². The second kappa shape index (κ2) is 44.5. The molecule has 0 aliphatic heterocycles. The number of amidine groups is 1. The number of nitrogens with one attached hydrogen (secondary N) is 4. The third-order valence-electron chi connectivity index (χ3n) is 10.9. The van der Waals surface area contributed by atoms with Gasteiger partial charge >= 0.3 is 17.5 Å². The molecule has 91 heavy (non-hydrogen) atoms. The predicted octanol–water partition coefficient (Wildman–Crippen LogP) is 13.4. The number of aryl methyl sites for hydroxylation is 7. The van der Waals surface area contributed by atoms with E-state index in [9.17, 15) is 19.3 Å². The van der Waals surface area contributed by atoms with Crippen LogP contribution in [0.3, 0.4) is 0 Å². The Morgan fingerprint density at radius 3 is 1.52 bits per heavy atom. The number of rotatable bonds is 9. The number of aromatic amines is 2. The van der Waals surface area contributed by atoms with Crippen molar-refractivity contribution in [2.75, 3.05) is 38.5 Å². The molecule has 7 N–H and O–H groups in total. The van der Waals surface area contributed by atoms with Gasteiger partial charge in [-0.1, -0.05) is 38.3 Å². The summed E-state index contributed by atoms with van der Waals surface area (Å²) in [5.74, 6) is 12.7. The number of nitrogens with zero attached hydrogens (tertiary/aromatic N) is 7. The van der Waals surface area contributed by atoms with Gasteiger partial charge in [0.05, 0.1) is 36.4 Å². The van der Waals surface area contributed by atoms with Gasteiger partial charge in [-0.05, 0) is 162 Å². The highest BCUT2D eigenvalue weighted by Crippen LogP contribution is 2.61. The van der Waals surface area contributed by atoms with E-state index in [1.54, 1.807) is 48.0 Å². The number of H-pyrrole nitrogens is 2. The average Bonchev–Trinajstić information content (AvgIpc) is 1.78. The van der Waals surface area contributed by atoms with Crippen LogP contribution in [0.15, 0.2) is 89.6 Å². The molecule has 490 valence electrons. The largest absolute Gasteiger partial charge is 0.497 e. The van der Waals surface area contributed by atoms with Crippen LogP contribution in [-0.2, 0) is 30.2 Å². The highest BCUT2D eigenvalue weighted by Gasteiger charge is 2.16. The Morgan fingerprint density at radius 2 is 1.11 bits per heavy atom. The highest BCUT2D eigenvalue weighted by molar-refractivity contribution is 8.24. The van der Waals surface area contributed by atoms with Crippen LogP contribution in [0.4, 0.5) is 17.2 Å². The van der Waals surface area contributed by atoms with E-state index >= 15 is 0 Å². The molecule has 0 fully saturated rings. The Hall–Kier alpha value is -8.99. The number of aromatic nitrogens is 8. The fourth-order valence-electron chi connectivity index (χ4n) is 6.94. The van der Waals surface area contributed by atoms with Gasteiger partial charge in [0.2, 0.25) is 23.0 Å². The fourth-order valence-corrected chi connectivity index (χ4v) is 7.20. The minimum atomic E-state index is -3.22. The maximum atomic E-state index is 11.3. The van der Waals surface area contributed by atoms with Crippen LogP contribution in [0, 0.1) is 84.5 Å². The molecule has 0 spiro atoms. The van der Waals surface area contributed by atoms with E-state index in [4.69, 9.17) is 77.5 Å². The van der Waals surface area contributed by atoms with Gasteiger partial charge in [-0.25, -0.2) is 15.0 Å². The van der Waals surface area contributed by atoms with Crippen molar-refractivity contribution in [3.05, 3.63) is 139 Å². The Labute approximate surface area is 551 Å². The van der Waals surface area contributed by atoms with E-state index in [0.717, 1.165) is 63.3 Å². The first kappa shape index (κ1) is 84.1. The number of nitrogens with two attached hydrogens (primary N) is 1. The minimum Gasteiger partial charge on any atom is -0.497 e. The Morgan fingerprint density at radius 1 is 0.714 bits per heavy atom. The van der Waals surface area contributed by atoms with E-state index in [1.165, 1.54) is 19.8 Å². The summed E-state index contributed by atoms with van der Waals surface area (Å²) in [6.45, 7) is 18.4. The number of fused-ring (bicyclic) bond motifs is 3. The summed E-state index contributed by atoms with van der Waals surface area (Å²) in [6, 6.07) is 21.1. The molecule has 9 aromatic rings. The van der Waals surface area contributed by atoms with Crippen molar-refractivity contribution in [2.24, 2.45) is 11.7 Å². The summed E-state index contributed by atoms with van der Waals surface area (Å²) in [7, 11) is 7.19. The van der Waals surface area contributed by atoms with Gasteiger partial charge in [0.15, 0.2) is 0 Å². The number of benzene rings is 2. The van der Waals surface area contributed by atoms with Crippen LogP contribution in [0.2, 0.25) is 5.15 Å². The maximum Gasteiger partial charge on any atom is 0.373 e. The third kappa shape index (κ3) is 33.4. The van der Waals surface area contributed by atoms with E-state index < -0.39 is 5.20 Å². The second-order valence-electron chi connectivity index (χ2n) is 17.9. The smallest absolute Gasteiger partial charge is 0.373 e. The number of aromatic hydroxyl groups is 1. The maximum absolute atomic E-state index is 11.3. The van der Waals surface area contributed by atoms with Crippen molar-refractivity contribution in [2.45, 2.75) is 94.9 Å². The van der Waals surface area contributed by atoms with Gasteiger partial charge in [-0.2, -0.15) is 34.1 Å². The molecule has 0 unspecified atom stereocenters. The zero-order valence-corrected chi connectivity index (χ0v) is 57.1. The summed E-state index contributed by atoms with van der Waals surface area (Å²) in [6.07, 6.45) is 14.1. The zero-order valence-electron chi connectivity index (χ0n) is 52.3. The molecule has 0 aliphatic rings. The molecule has 0 saturated carbocycles. The van der Waals surface area contributed by atoms with Gasteiger partial charge < -0.3 is 53.8 Å². The van der Waals surface area contributed by atoms with E-state index in [1.807, 2.05) is 100 Å². The summed E-state index contributed by atoms with van der Waals surface area (Å²) < 4.78 is 35.8. The van der Waals surface area contributed by atoms with Crippen molar-refractivity contribution in [3.8, 4) is 42.1 Å². The molecule has 0 bridgehead atoms. The average molecular weight is 1380 g/mol. The van der Waals surface area contributed by atoms with Crippen LogP contribution in [-0.4, -0.2) is 91.4 Å². The predicted molar refractivity (Wildman–Crippen MR) is 357 cm³/mol. The molecule has 7 heterocycles. The minimum absolute atomic E-state index is 0. The molecule has 0 aliphatic carbocycles. The topological polar surface area (TPSA) is 372 Å². The van der Waals surface area contributed by atoms with Crippen molar-refractivity contribution in [3.63, 3.8) is 0 Å². The van der Waals surface area contributed by atoms with Gasteiger partial charge in [-0.15, -0.1) is 37.1 Å². The molecule has 7 aromatic heterocycles. The Balaban J connectivity index is 0. The lowest BCUT2D eigenvalue weighted by Crippen LogP contribution is -2.14. The molecular weight excluding hydrogens is 1300 g/mol. The Bertz CT molecular complexity index is 3960. The lowest BCUT2D eigenvalue weighted by atomic mass is 10.0. The first-order valence-corrected chi connectivity index (χ1v) is 31.1. The molecule has 0 radical (unpaired) electrons. The van der Waals surface area contributed by atoms with Gasteiger partial charge in [0.1, 0.15) is 68.4 Å². The first-order chi connectivity index (χ1) is 42.3. The van der Waals surface area contributed by atoms with Crippen molar-refractivity contribution < 1.29 is 51.6 Å².